The van der Waals surface area contributed by atoms with Crippen LogP contribution in [0.1, 0.15) is 27.2 Å². The lowest BCUT2D eigenvalue weighted by molar-refractivity contribution is 0.0349. The molecule has 60 valence electrons. The average Bonchev–Trinajstić information content (AvgIpc) is 2.17. The molecule has 0 spiro atoms. The summed E-state index contributed by atoms with van der Waals surface area (Å²) >= 11 is 0. The summed E-state index contributed by atoms with van der Waals surface area (Å²) in [7, 11) is 0. The smallest absolute Gasteiger partial charge is 0.131 e. The van der Waals surface area contributed by atoms with E-state index in [-0.39, 0.29) is 18.1 Å². The fourth-order valence-electron chi connectivity index (χ4n) is 1.58. The van der Waals surface area contributed by atoms with E-state index in [0.29, 0.717) is 0 Å². The zero-order valence-electron chi connectivity index (χ0n) is 6.80. The summed E-state index contributed by atoms with van der Waals surface area (Å²) in [6, 6.07) is 0. The maximum absolute atomic E-state index is 13.0. The molecule has 4 unspecified atom stereocenters. The Morgan fingerprint density at radius 1 is 1.40 bits per heavy atom. The Hall–Kier alpha value is -0.110. The Morgan fingerprint density at radius 3 is 2.20 bits per heavy atom. The van der Waals surface area contributed by atoms with Gasteiger partial charge in [0.05, 0.1) is 12.2 Å². The minimum absolute atomic E-state index is 0.0833. The molecule has 4 atom stereocenters. The van der Waals surface area contributed by atoms with Crippen LogP contribution in [-0.4, -0.2) is 18.4 Å². The third-order valence-corrected chi connectivity index (χ3v) is 2.33. The monoisotopic (exact) mass is 146 g/mol. The van der Waals surface area contributed by atoms with Gasteiger partial charge in [0.25, 0.3) is 0 Å². The Bertz CT molecular complexity index is 116. The first-order valence-corrected chi connectivity index (χ1v) is 3.96. The lowest BCUT2D eigenvalue weighted by atomic mass is 9.99. The molecule has 1 fully saturated rings. The lowest BCUT2D eigenvalue weighted by Gasteiger charge is -2.10. The van der Waals surface area contributed by atoms with Gasteiger partial charge in [0, 0.05) is 5.92 Å². The van der Waals surface area contributed by atoms with Crippen LogP contribution in [0.2, 0.25) is 0 Å². The second kappa shape index (κ2) is 2.87. The molecule has 0 radical (unpaired) electrons. The fraction of sp³-hybridized carbons (Fsp3) is 1.00. The average molecular weight is 146 g/mol. The number of alkyl halides is 1. The Labute approximate surface area is 61.6 Å². The van der Waals surface area contributed by atoms with Gasteiger partial charge in [-0.1, -0.05) is 13.8 Å². The molecule has 1 rings (SSSR count). The van der Waals surface area contributed by atoms with Crippen molar-refractivity contribution >= 4 is 0 Å². The van der Waals surface area contributed by atoms with Crippen LogP contribution in [-0.2, 0) is 4.74 Å². The second-order valence-electron chi connectivity index (χ2n) is 3.09. The number of rotatable bonds is 1. The molecular formula is C8H15FO. The van der Waals surface area contributed by atoms with Gasteiger partial charge in [-0.2, -0.15) is 0 Å². The topological polar surface area (TPSA) is 9.23 Å². The first-order chi connectivity index (χ1) is 4.66. The van der Waals surface area contributed by atoms with Gasteiger partial charge in [0.1, 0.15) is 6.17 Å². The van der Waals surface area contributed by atoms with Crippen LogP contribution in [0, 0.1) is 5.92 Å². The summed E-state index contributed by atoms with van der Waals surface area (Å²) in [5, 5.41) is 0. The van der Waals surface area contributed by atoms with Crippen molar-refractivity contribution in [1.82, 2.24) is 0 Å². The van der Waals surface area contributed by atoms with Gasteiger partial charge in [-0.15, -0.1) is 0 Å². The van der Waals surface area contributed by atoms with Crippen LogP contribution in [0.3, 0.4) is 0 Å². The number of hydrogen-bond acceptors (Lipinski definition) is 1. The van der Waals surface area contributed by atoms with E-state index in [2.05, 4.69) is 0 Å². The maximum Gasteiger partial charge on any atom is 0.131 e. The van der Waals surface area contributed by atoms with Crippen molar-refractivity contribution < 1.29 is 9.13 Å². The van der Waals surface area contributed by atoms with Gasteiger partial charge in [0.15, 0.2) is 0 Å². The summed E-state index contributed by atoms with van der Waals surface area (Å²) < 4.78 is 18.4. The highest BCUT2D eigenvalue weighted by molar-refractivity contribution is 4.84. The van der Waals surface area contributed by atoms with E-state index in [1.54, 1.807) is 6.92 Å². The Kier molecular flexibility index (Phi) is 2.29. The van der Waals surface area contributed by atoms with Crippen LogP contribution >= 0.6 is 0 Å². The molecule has 0 N–H and O–H groups in total. The van der Waals surface area contributed by atoms with E-state index in [1.165, 1.54) is 0 Å². The molecule has 1 nitrogen and oxygen atoms in total. The normalized spacial score (nSPS) is 48.0. The van der Waals surface area contributed by atoms with Crippen LogP contribution in [0.5, 0.6) is 0 Å². The third kappa shape index (κ3) is 1.17. The van der Waals surface area contributed by atoms with Gasteiger partial charge in [0.2, 0.25) is 0 Å². The minimum atomic E-state index is -0.759. The molecule has 0 aromatic rings. The molecule has 0 aromatic carbocycles. The van der Waals surface area contributed by atoms with Crippen LogP contribution in [0.25, 0.3) is 0 Å². The number of hydrogen-bond donors (Lipinski definition) is 0. The molecule has 10 heavy (non-hydrogen) atoms. The second-order valence-corrected chi connectivity index (χ2v) is 3.09. The molecule has 2 heteroatoms. The summed E-state index contributed by atoms with van der Waals surface area (Å²) in [4.78, 5) is 0. The molecule has 1 saturated heterocycles. The molecule has 1 aliphatic rings. The van der Waals surface area contributed by atoms with Crippen LogP contribution < -0.4 is 0 Å². The van der Waals surface area contributed by atoms with E-state index in [9.17, 15) is 4.39 Å². The predicted octanol–water partition coefficient (Wildman–Crippen LogP) is 2.16. The SMILES string of the molecule is CCC1OC(C)C(F)C1C. The molecule has 0 aliphatic carbocycles. The molecule has 0 aromatic heterocycles. The highest BCUT2D eigenvalue weighted by Gasteiger charge is 2.38. The maximum atomic E-state index is 13.0. The van der Waals surface area contributed by atoms with Crippen molar-refractivity contribution in [3.63, 3.8) is 0 Å². The van der Waals surface area contributed by atoms with Crippen molar-refractivity contribution in [1.29, 1.82) is 0 Å². The first kappa shape index (κ1) is 7.99. The van der Waals surface area contributed by atoms with Gasteiger partial charge >= 0.3 is 0 Å². The summed E-state index contributed by atoms with van der Waals surface area (Å²) in [5.74, 6) is 0.0833. The van der Waals surface area contributed by atoms with Crippen molar-refractivity contribution in [3.8, 4) is 0 Å². The van der Waals surface area contributed by atoms with Crippen molar-refractivity contribution in [2.24, 2.45) is 5.92 Å². The predicted molar refractivity (Wildman–Crippen MR) is 38.7 cm³/mol. The highest BCUT2D eigenvalue weighted by Crippen LogP contribution is 2.30. The molecule has 1 aliphatic heterocycles. The molecule has 0 amide bonds. The fourth-order valence-corrected chi connectivity index (χ4v) is 1.58. The van der Waals surface area contributed by atoms with Gasteiger partial charge < -0.3 is 4.74 Å². The van der Waals surface area contributed by atoms with Crippen molar-refractivity contribution in [2.75, 3.05) is 0 Å². The largest absolute Gasteiger partial charge is 0.372 e. The number of halogens is 1. The van der Waals surface area contributed by atoms with E-state index < -0.39 is 6.17 Å². The minimum Gasteiger partial charge on any atom is -0.372 e. The molecule has 1 heterocycles. The first-order valence-electron chi connectivity index (χ1n) is 3.96. The van der Waals surface area contributed by atoms with E-state index in [0.717, 1.165) is 6.42 Å². The van der Waals surface area contributed by atoms with Crippen molar-refractivity contribution in [2.45, 2.75) is 45.6 Å². The zero-order chi connectivity index (χ0) is 7.72. The summed E-state index contributed by atoms with van der Waals surface area (Å²) in [6.07, 6.45) is 0.112. The molecule has 0 bridgehead atoms. The Balaban J connectivity index is 2.53. The van der Waals surface area contributed by atoms with Crippen LogP contribution in [0.4, 0.5) is 4.39 Å². The van der Waals surface area contributed by atoms with Crippen LogP contribution in [0.15, 0.2) is 0 Å². The van der Waals surface area contributed by atoms with Gasteiger partial charge in [-0.3, -0.25) is 0 Å². The lowest BCUT2D eigenvalue weighted by Crippen LogP contribution is -2.18. The molecular weight excluding hydrogens is 131 g/mol. The van der Waals surface area contributed by atoms with Gasteiger partial charge in [-0.25, -0.2) is 4.39 Å². The van der Waals surface area contributed by atoms with E-state index >= 15 is 0 Å². The van der Waals surface area contributed by atoms with E-state index in [4.69, 9.17) is 4.74 Å². The zero-order valence-corrected chi connectivity index (χ0v) is 6.80. The number of ether oxygens (including phenoxy) is 1. The quantitative estimate of drug-likeness (QED) is 0.550. The van der Waals surface area contributed by atoms with Gasteiger partial charge in [-0.05, 0) is 13.3 Å². The summed E-state index contributed by atoms with van der Waals surface area (Å²) in [6.45, 7) is 5.76. The highest BCUT2D eigenvalue weighted by atomic mass is 19.1. The standard InChI is InChI=1S/C8H15FO/c1-4-7-5(2)8(9)6(3)10-7/h5-8H,4H2,1-3H3. The Morgan fingerprint density at radius 2 is 2.00 bits per heavy atom. The van der Waals surface area contributed by atoms with E-state index in [1.807, 2.05) is 13.8 Å². The summed E-state index contributed by atoms with van der Waals surface area (Å²) in [5.41, 5.74) is 0. The van der Waals surface area contributed by atoms with Crippen molar-refractivity contribution in [3.05, 3.63) is 0 Å². The third-order valence-electron chi connectivity index (χ3n) is 2.33. The molecule has 0 saturated carbocycles.